The molecule has 7 nitrogen and oxygen atoms in total. The Balaban J connectivity index is 2.29. The molecule has 0 heterocycles. The molecule has 0 aliphatic rings. The van der Waals surface area contributed by atoms with Crippen LogP contribution in [0.15, 0.2) is 53.4 Å². The van der Waals surface area contributed by atoms with Gasteiger partial charge in [-0.05, 0) is 24.3 Å². The van der Waals surface area contributed by atoms with Crippen LogP contribution in [0.4, 0.5) is 11.4 Å². The average Bonchev–Trinajstić information content (AvgIpc) is 2.39. The van der Waals surface area contributed by atoms with Gasteiger partial charge >= 0.3 is 0 Å². The summed E-state index contributed by atoms with van der Waals surface area (Å²) in [6.45, 7) is 0. The maximum absolute atomic E-state index is 12.0. The zero-order valence-electron chi connectivity index (χ0n) is 10.1. The van der Waals surface area contributed by atoms with Crippen molar-refractivity contribution in [3.8, 4) is 5.75 Å². The molecule has 0 amide bonds. The van der Waals surface area contributed by atoms with E-state index in [1.165, 1.54) is 48.5 Å². The van der Waals surface area contributed by atoms with E-state index in [9.17, 15) is 23.6 Å². The summed E-state index contributed by atoms with van der Waals surface area (Å²) in [4.78, 5) is 9.65. The van der Waals surface area contributed by atoms with Crippen LogP contribution in [0.3, 0.4) is 0 Å². The molecule has 0 radical (unpaired) electrons. The molecule has 20 heavy (non-hydrogen) atoms. The van der Waals surface area contributed by atoms with Crippen molar-refractivity contribution in [3.05, 3.63) is 58.6 Å². The summed E-state index contributed by atoms with van der Waals surface area (Å²) in [5.41, 5.74) is 0.0226. The van der Waals surface area contributed by atoms with Crippen LogP contribution in [0.1, 0.15) is 0 Å². The number of hydrogen-bond donors (Lipinski definition) is 2. The van der Waals surface area contributed by atoms with Gasteiger partial charge in [-0.1, -0.05) is 12.1 Å². The monoisotopic (exact) mass is 294 g/mol. The van der Waals surface area contributed by atoms with Crippen molar-refractivity contribution in [1.29, 1.82) is 0 Å². The van der Waals surface area contributed by atoms with Crippen LogP contribution in [0.5, 0.6) is 5.75 Å². The van der Waals surface area contributed by atoms with Crippen molar-refractivity contribution in [2.24, 2.45) is 0 Å². The quantitative estimate of drug-likeness (QED) is 0.663. The van der Waals surface area contributed by atoms with Gasteiger partial charge in [0, 0.05) is 17.8 Å². The Morgan fingerprint density at radius 1 is 1.05 bits per heavy atom. The second-order valence-corrected chi connectivity index (χ2v) is 5.53. The molecule has 2 aromatic rings. The third-order valence-corrected chi connectivity index (χ3v) is 3.91. The molecular weight excluding hydrogens is 284 g/mol. The summed E-state index contributed by atoms with van der Waals surface area (Å²) in [5, 5.41) is 20.0. The van der Waals surface area contributed by atoms with Crippen LogP contribution in [0, 0.1) is 10.1 Å². The normalized spacial score (nSPS) is 11.0. The van der Waals surface area contributed by atoms with Gasteiger partial charge < -0.3 is 5.11 Å². The topological polar surface area (TPSA) is 110 Å². The third-order valence-electron chi connectivity index (χ3n) is 2.49. The Morgan fingerprint density at radius 3 is 2.20 bits per heavy atom. The molecular formula is C12H10N2O5S. The average molecular weight is 294 g/mol. The molecule has 0 bridgehead atoms. The number of phenolic OH excluding ortho intramolecular Hbond substituents is 1. The number of non-ortho nitro benzene ring substituents is 1. The first-order valence-electron chi connectivity index (χ1n) is 5.45. The molecule has 0 fully saturated rings. The van der Waals surface area contributed by atoms with Crippen molar-refractivity contribution in [2.45, 2.75) is 4.90 Å². The minimum atomic E-state index is -3.95. The Labute approximate surface area is 114 Å². The van der Waals surface area contributed by atoms with Crippen molar-refractivity contribution >= 4 is 21.4 Å². The van der Waals surface area contributed by atoms with Gasteiger partial charge in [-0.2, -0.15) is 0 Å². The smallest absolute Gasteiger partial charge is 0.269 e. The minimum absolute atomic E-state index is 0.143. The van der Waals surface area contributed by atoms with Gasteiger partial charge in [0.05, 0.1) is 4.92 Å². The molecule has 0 saturated carbocycles. The molecule has 0 aromatic heterocycles. The number of benzene rings is 2. The number of phenols is 1. The zero-order chi connectivity index (χ0) is 14.8. The zero-order valence-corrected chi connectivity index (χ0v) is 10.9. The lowest BCUT2D eigenvalue weighted by molar-refractivity contribution is -0.384. The van der Waals surface area contributed by atoms with E-state index >= 15 is 0 Å². The first kappa shape index (κ1) is 13.8. The second-order valence-electron chi connectivity index (χ2n) is 3.88. The highest BCUT2D eigenvalue weighted by Gasteiger charge is 2.18. The number of para-hydroxylation sites is 1. The van der Waals surface area contributed by atoms with Gasteiger partial charge in [-0.25, -0.2) is 8.42 Å². The van der Waals surface area contributed by atoms with Crippen LogP contribution in [-0.4, -0.2) is 18.4 Å². The lowest BCUT2D eigenvalue weighted by Crippen LogP contribution is -2.13. The van der Waals surface area contributed by atoms with E-state index in [0.29, 0.717) is 0 Å². The number of rotatable bonds is 4. The molecule has 0 atom stereocenters. The highest BCUT2D eigenvalue weighted by Crippen LogP contribution is 2.24. The van der Waals surface area contributed by atoms with Crippen molar-refractivity contribution in [2.75, 3.05) is 4.72 Å². The number of nitrogens with one attached hydrogen (secondary N) is 1. The van der Waals surface area contributed by atoms with E-state index in [0.717, 1.165) is 0 Å². The fourth-order valence-corrected chi connectivity index (χ4v) is 2.70. The number of nitro groups is 1. The van der Waals surface area contributed by atoms with Crippen LogP contribution in [0.25, 0.3) is 0 Å². The number of nitrogens with zero attached hydrogens (tertiary/aromatic N) is 1. The van der Waals surface area contributed by atoms with E-state index in [4.69, 9.17) is 0 Å². The Morgan fingerprint density at radius 2 is 1.65 bits per heavy atom. The van der Waals surface area contributed by atoms with Crippen LogP contribution in [0.2, 0.25) is 0 Å². The first-order chi connectivity index (χ1) is 9.40. The molecule has 2 aromatic carbocycles. The molecule has 104 valence electrons. The number of aromatic hydroxyl groups is 1. The van der Waals surface area contributed by atoms with E-state index in [1.54, 1.807) is 0 Å². The molecule has 0 aliphatic heterocycles. The fraction of sp³-hybridized carbons (Fsp3) is 0. The van der Waals surface area contributed by atoms with E-state index < -0.39 is 14.9 Å². The lowest BCUT2D eigenvalue weighted by Gasteiger charge is -2.08. The Bertz CT molecular complexity index is 741. The number of nitro benzene ring substituents is 1. The predicted octanol–water partition coefficient (Wildman–Crippen LogP) is 2.10. The summed E-state index contributed by atoms with van der Waals surface area (Å²) in [6, 6.07) is 10.4. The van der Waals surface area contributed by atoms with Gasteiger partial charge in [0.25, 0.3) is 15.7 Å². The van der Waals surface area contributed by atoms with Gasteiger partial charge in [-0.3, -0.25) is 14.8 Å². The number of sulfonamides is 1. The van der Waals surface area contributed by atoms with E-state index in [1.807, 2.05) is 0 Å². The molecule has 8 heteroatoms. The van der Waals surface area contributed by atoms with Gasteiger partial charge in [-0.15, -0.1) is 0 Å². The van der Waals surface area contributed by atoms with Gasteiger partial charge in [0.2, 0.25) is 0 Å². The second kappa shape index (κ2) is 5.17. The lowest BCUT2D eigenvalue weighted by atomic mass is 10.3. The van der Waals surface area contributed by atoms with Gasteiger partial charge in [0.1, 0.15) is 10.6 Å². The number of hydrogen-bond acceptors (Lipinski definition) is 5. The summed E-state index contributed by atoms with van der Waals surface area (Å²) < 4.78 is 26.3. The number of anilines is 1. The first-order valence-corrected chi connectivity index (χ1v) is 6.94. The third kappa shape index (κ3) is 2.86. The summed E-state index contributed by atoms with van der Waals surface area (Å²) >= 11 is 0. The van der Waals surface area contributed by atoms with Crippen molar-refractivity contribution < 1.29 is 18.4 Å². The molecule has 0 saturated heterocycles. The summed E-state index contributed by atoms with van der Waals surface area (Å²) in [6.07, 6.45) is 0. The Kier molecular flexibility index (Phi) is 3.57. The van der Waals surface area contributed by atoms with Gasteiger partial charge in [0.15, 0.2) is 0 Å². The van der Waals surface area contributed by atoms with Crippen molar-refractivity contribution in [1.82, 2.24) is 0 Å². The SMILES string of the molecule is O=[N+]([O-])c1ccc(NS(=O)(=O)c2ccccc2O)cc1. The molecule has 2 rings (SSSR count). The highest BCUT2D eigenvalue weighted by molar-refractivity contribution is 7.92. The molecule has 2 N–H and O–H groups in total. The Hall–Kier alpha value is -2.61. The molecule has 0 unspecified atom stereocenters. The fourth-order valence-electron chi connectivity index (χ4n) is 1.55. The van der Waals surface area contributed by atoms with Crippen LogP contribution in [-0.2, 0) is 10.0 Å². The summed E-state index contributed by atoms with van der Waals surface area (Å²) in [5.74, 6) is -0.373. The maximum Gasteiger partial charge on any atom is 0.269 e. The van der Waals surface area contributed by atoms with Crippen LogP contribution >= 0.6 is 0 Å². The van der Waals surface area contributed by atoms with E-state index in [2.05, 4.69) is 4.72 Å². The summed E-state index contributed by atoms with van der Waals surface area (Å²) in [7, 11) is -3.95. The standard InChI is InChI=1S/C12H10N2O5S/c15-11-3-1-2-4-12(11)20(18,19)13-9-5-7-10(8-6-9)14(16)17/h1-8,13,15H. The largest absolute Gasteiger partial charge is 0.507 e. The van der Waals surface area contributed by atoms with Crippen LogP contribution < -0.4 is 4.72 Å². The maximum atomic E-state index is 12.0. The molecule has 0 spiro atoms. The minimum Gasteiger partial charge on any atom is -0.507 e. The predicted molar refractivity (Wildman–Crippen MR) is 72.0 cm³/mol. The van der Waals surface area contributed by atoms with Crippen molar-refractivity contribution in [3.63, 3.8) is 0 Å². The highest BCUT2D eigenvalue weighted by atomic mass is 32.2. The van der Waals surface area contributed by atoms with E-state index in [-0.39, 0.29) is 22.0 Å². The molecule has 0 aliphatic carbocycles.